The third-order valence-corrected chi connectivity index (χ3v) is 3.09. The molecule has 0 unspecified atom stereocenters. The Hall–Kier alpha value is -1.65. The molecule has 2 rings (SSSR count). The van der Waals surface area contributed by atoms with Crippen LogP contribution in [0.4, 0.5) is 8.78 Å². The van der Waals surface area contributed by atoms with Crippen LogP contribution in [0.1, 0.15) is 24.1 Å². The molecule has 2 aromatic rings. The van der Waals surface area contributed by atoms with Gasteiger partial charge in [-0.3, -0.25) is 0 Å². The summed E-state index contributed by atoms with van der Waals surface area (Å²) in [5.41, 5.74) is 6.63. The molecule has 0 spiro atoms. The summed E-state index contributed by atoms with van der Waals surface area (Å²) >= 11 is 5.81. The molecule has 0 amide bonds. The number of halogens is 3. The molecule has 0 aliphatic carbocycles. The van der Waals surface area contributed by atoms with E-state index in [1.54, 1.807) is 6.92 Å². The molecule has 0 bridgehead atoms. The minimum Gasteiger partial charge on any atom is -0.488 e. The SMILES string of the molecule is C[C@@H](N)c1cc(F)ccc1OCc1cc(Cl)ccc1F. The molecule has 2 aromatic carbocycles. The first-order valence-corrected chi connectivity index (χ1v) is 6.47. The summed E-state index contributed by atoms with van der Waals surface area (Å²) in [6.07, 6.45) is 0. The van der Waals surface area contributed by atoms with Gasteiger partial charge in [-0.05, 0) is 43.3 Å². The number of hydrogen-bond acceptors (Lipinski definition) is 2. The first kappa shape index (κ1) is 14.8. The van der Waals surface area contributed by atoms with Crippen LogP contribution in [-0.2, 0) is 6.61 Å². The molecule has 0 radical (unpaired) electrons. The zero-order valence-corrected chi connectivity index (χ0v) is 11.6. The van der Waals surface area contributed by atoms with E-state index in [2.05, 4.69) is 0 Å². The Balaban J connectivity index is 2.20. The lowest BCUT2D eigenvalue weighted by Gasteiger charge is -2.14. The largest absolute Gasteiger partial charge is 0.488 e. The molecule has 0 saturated heterocycles. The average molecular weight is 298 g/mol. The maximum atomic E-state index is 13.6. The third-order valence-electron chi connectivity index (χ3n) is 2.85. The Morgan fingerprint density at radius 1 is 1.20 bits per heavy atom. The first-order valence-electron chi connectivity index (χ1n) is 6.09. The van der Waals surface area contributed by atoms with Gasteiger partial charge in [0.2, 0.25) is 0 Å². The summed E-state index contributed by atoms with van der Waals surface area (Å²) in [6, 6.07) is 7.92. The van der Waals surface area contributed by atoms with Crippen LogP contribution < -0.4 is 10.5 Å². The van der Waals surface area contributed by atoms with E-state index < -0.39 is 11.6 Å². The van der Waals surface area contributed by atoms with Crippen molar-refractivity contribution in [2.24, 2.45) is 5.73 Å². The van der Waals surface area contributed by atoms with E-state index in [0.717, 1.165) is 0 Å². The van der Waals surface area contributed by atoms with Gasteiger partial charge in [-0.1, -0.05) is 11.6 Å². The number of rotatable bonds is 4. The summed E-state index contributed by atoms with van der Waals surface area (Å²) < 4.78 is 32.3. The summed E-state index contributed by atoms with van der Waals surface area (Å²) in [4.78, 5) is 0. The van der Waals surface area contributed by atoms with Crippen LogP contribution in [0.2, 0.25) is 5.02 Å². The second-order valence-electron chi connectivity index (χ2n) is 4.50. The first-order chi connectivity index (χ1) is 9.47. The zero-order chi connectivity index (χ0) is 14.7. The molecule has 0 aliphatic rings. The van der Waals surface area contributed by atoms with E-state index in [4.69, 9.17) is 22.1 Å². The highest BCUT2D eigenvalue weighted by Crippen LogP contribution is 2.26. The van der Waals surface area contributed by atoms with Crippen LogP contribution in [0.25, 0.3) is 0 Å². The topological polar surface area (TPSA) is 35.2 Å². The highest BCUT2D eigenvalue weighted by molar-refractivity contribution is 6.30. The van der Waals surface area contributed by atoms with Crippen molar-refractivity contribution in [2.45, 2.75) is 19.6 Å². The molecule has 0 fully saturated rings. The molecular weight excluding hydrogens is 284 g/mol. The lowest BCUT2D eigenvalue weighted by molar-refractivity contribution is 0.295. The van der Waals surface area contributed by atoms with Gasteiger partial charge in [-0.2, -0.15) is 0 Å². The van der Waals surface area contributed by atoms with E-state index in [-0.39, 0.29) is 12.6 Å². The van der Waals surface area contributed by atoms with Crippen LogP contribution in [0.5, 0.6) is 5.75 Å². The molecule has 0 saturated carbocycles. The third kappa shape index (κ3) is 3.46. The Labute approximate surface area is 121 Å². The Bertz CT molecular complexity index is 617. The van der Waals surface area contributed by atoms with Crippen molar-refractivity contribution in [1.82, 2.24) is 0 Å². The Kier molecular flexibility index (Phi) is 4.57. The second-order valence-corrected chi connectivity index (χ2v) is 4.93. The van der Waals surface area contributed by atoms with Crippen molar-refractivity contribution in [3.63, 3.8) is 0 Å². The highest BCUT2D eigenvalue weighted by Gasteiger charge is 2.11. The van der Waals surface area contributed by atoms with Crippen molar-refractivity contribution in [1.29, 1.82) is 0 Å². The Morgan fingerprint density at radius 2 is 1.95 bits per heavy atom. The van der Waals surface area contributed by atoms with Gasteiger partial charge in [0.25, 0.3) is 0 Å². The number of benzene rings is 2. The second kappa shape index (κ2) is 6.20. The van der Waals surface area contributed by atoms with E-state index in [9.17, 15) is 8.78 Å². The zero-order valence-electron chi connectivity index (χ0n) is 10.9. The van der Waals surface area contributed by atoms with E-state index in [1.165, 1.54) is 36.4 Å². The van der Waals surface area contributed by atoms with Crippen LogP contribution in [0.3, 0.4) is 0 Å². The molecule has 0 aromatic heterocycles. The summed E-state index contributed by atoms with van der Waals surface area (Å²) in [7, 11) is 0. The summed E-state index contributed by atoms with van der Waals surface area (Å²) in [6.45, 7) is 1.72. The molecule has 2 N–H and O–H groups in total. The lowest BCUT2D eigenvalue weighted by Crippen LogP contribution is -2.09. The monoisotopic (exact) mass is 297 g/mol. The van der Waals surface area contributed by atoms with E-state index >= 15 is 0 Å². The molecular formula is C15H14ClF2NO. The molecule has 1 atom stereocenters. The minimum absolute atomic E-state index is 0.00224. The van der Waals surface area contributed by atoms with Crippen molar-refractivity contribution >= 4 is 11.6 Å². The number of ether oxygens (including phenoxy) is 1. The maximum absolute atomic E-state index is 13.6. The van der Waals surface area contributed by atoms with Crippen molar-refractivity contribution in [3.05, 3.63) is 64.2 Å². The average Bonchev–Trinajstić information content (AvgIpc) is 2.40. The van der Waals surface area contributed by atoms with Gasteiger partial charge in [0.1, 0.15) is 24.0 Å². The summed E-state index contributed by atoms with van der Waals surface area (Å²) in [5.74, 6) is -0.363. The molecule has 0 aliphatic heterocycles. The lowest BCUT2D eigenvalue weighted by atomic mass is 10.1. The van der Waals surface area contributed by atoms with Crippen LogP contribution >= 0.6 is 11.6 Å². The summed E-state index contributed by atoms with van der Waals surface area (Å²) in [5, 5.41) is 0.427. The molecule has 0 heterocycles. The fraction of sp³-hybridized carbons (Fsp3) is 0.200. The van der Waals surface area contributed by atoms with Crippen LogP contribution in [-0.4, -0.2) is 0 Å². The maximum Gasteiger partial charge on any atom is 0.129 e. The predicted octanol–water partition coefficient (Wildman–Crippen LogP) is 4.22. The van der Waals surface area contributed by atoms with Gasteiger partial charge in [-0.15, -0.1) is 0 Å². The standard InChI is InChI=1S/C15H14ClF2NO/c1-9(19)13-7-12(17)3-5-15(13)20-8-10-6-11(16)2-4-14(10)18/h2-7,9H,8,19H2,1H3/t9-/m1/s1. The highest BCUT2D eigenvalue weighted by atomic mass is 35.5. The van der Waals surface area contributed by atoms with Gasteiger partial charge in [0.05, 0.1) is 0 Å². The minimum atomic E-state index is -0.404. The van der Waals surface area contributed by atoms with Crippen LogP contribution in [0, 0.1) is 11.6 Å². The van der Waals surface area contributed by atoms with E-state index in [1.807, 2.05) is 0 Å². The van der Waals surface area contributed by atoms with E-state index in [0.29, 0.717) is 21.9 Å². The molecule has 2 nitrogen and oxygen atoms in total. The van der Waals surface area contributed by atoms with Crippen molar-refractivity contribution in [3.8, 4) is 5.75 Å². The fourth-order valence-corrected chi connectivity index (χ4v) is 2.01. The van der Waals surface area contributed by atoms with Gasteiger partial charge >= 0.3 is 0 Å². The number of nitrogens with two attached hydrogens (primary N) is 1. The van der Waals surface area contributed by atoms with Crippen LogP contribution in [0.15, 0.2) is 36.4 Å². The van der Waals surface area contributed by atoms with Gasteiger partial charge in [0, 0.05) is 22.2 Å². The molecule has 5 heteroatoms. The van der Waals surface area contributed by atoms with Crippen molar-refractivity contribution < 1.29 is 13.5 Å². The van der Waals surface area contributed by atoms with Gasteiger partial charge in [-0.25, -0.2) is 8.78 Å². The number of hydrogen-bond donors (Lipinski definition) is 1. The fourth-order valence-electron chi connectivity index (χ4n) is 1.82. The smallest absolute Gasteiger partial charge is 0.129 e. The predicted molar refractivity (Wildman–Crippen MR) is 74.7 cm³/mol. The normalized spacial score (nSPS) is 12.2. The van der Waals surface area contributed by atoms with Crippen molar-refractivity contribution in [2.75, 3.05) is 0 Å². The van der Waals surface area contributed by atoms with Gasteiger partial charge in [0.15, 0.2) is 0 Å². The Morgan fingerprint density at radius 3 is 2.65 bits per heavy atom. The molecule has 20 heavy (non-hydrogen) atoms. The van der Waals surface area contributed by atoms with Gasteiger partial charge < -0.3 is 10.5 Å². The quantitative estimate of drug-likeness (QED) is 0.917. The molecule has 106 valence electrons.